The van der Waals surface area contributed by atoms with Crippen LogP contribution in [0.5, 0.6) is 0 Å². The van der Waals surface area contributed by atoms with Crippen LogP contribution in [0.15, 0.2) is 53.7 Å². The van der Waals surface area contributed by atoms with Crippen LogP contribution in [0, 0.1) is 13.8 Å². The second-order valence-electron chi connectivity index (χ2n) is 6.67. The number of hydrogen-bond donors (Lipinski definition) is 1. The van der Waals surface area contributed by atoms with Crippen LogP contribution >= 0.6 is 0 Å². The number of halogens is 1. The fourth-order valence-corrected chi connectivity index (χ4v) is 2.52. The fraction of sp³-hybridized carbons (Fsp3) is 0.364. The molecule has 3 atom stereocenters. The average Bonchev–Trinajstić information content (AvgIpc) is 2.72. The number of carbonyl (C=O) groups excluding carboxylic acids is 1. The molecule has 2 rings (SSSR count). The number of aryl methyl sites for hydroxylation is 2. The van der Waals surface area contributed by atoms with Crippen LogP contribution in [-0.4, -0.2) is 49.4 Å². The van der Waals surface area contributed by atoms with E-state index in [0.29, 0.717) is 5.56 Å². The number of aliphatic hydroxyl groups excluding tert-OH is 1. The molecule has 0 fully saturated rings. The number of benzene rings is 2. The van der Waals surface area contributed by atoms with Gasteiger partial charge in [-0.05, 0) is 31.5 Å². The highest BCUT2D eigenvalue weighted by molar-refractivity contribution is 5.89. The zero-order valence-corrected chi connectivity index (χ0v) is 16.7. The number of ether oxygens (including phenoxy) is 2. The summed E-state index contributed by atoms with van der Waals surface area (Å²) < 4.78 is 25.2. The van der Waals surface area contributed by atoms with Gasteiger partial charge in [-0.2, -0.15) is 0 Å². The molecule has 0 heterocycles. The van der Waals surface area contributed by atoms with Gasteiger partial charge in [0.05, 0.1) is 18.4 Å². The third-order valence-electron chi connectivity index (χ3n) is 4.24. The van der Waals surface area contributed by atoms with Crippen molar-refractivity contribution in [1.82, 2.24) is 0 Å². The molecule has 0 saturated carbocycles. The zero-order valence-electron chi connectivity index (χ0n) is 16.7. The highest BCUT2D eigenvalue weighted by atomic mass is 19.1. The van der Waals surface area contributed by atoms with E-state index in [4.69, 9.17) is 9.47 Å². The van der Waals surface area contributed by atoms with Crippen LogP contribution in [0.4, 0.5) is 4.39 Å². The summed E-state index contributed by atoms with van der Waals surface area (Å²) in [6, 6.07) is 14.3. The van der Waals surface area contributed by atoms with Crippen molar-refractivity contribution in [2.45, 2.75) is 38.8 Å². The van der Waals surface area contributed by atoms with E-state index in [1.165, 1.54) is 7.11 Å². The summed E-state index contributed by atoms with van der Waals surface area (Å²) in [6.07, 6.45) is -3.55. The summed E-state index contributed by atoms with van der Waals surface area (Å²) in [5.74, 6) is -0.609. The molecular weight excluding hydrogens is 377 g/mol. The number of nitrogens with zero attached hydrogens (tertiary/aromatic N) is 1. The van der Waals surface area contributed by atoms with Crippen LogP contribution in [0.2, 0.25) is 0 Å². The van der Waals surface area contributed by atoms with Crippen LogP contribution in [0.3, 0.4) is 0 Å². The van der Waals surface area contributed by atoms with Crippen molar-refractivity contribution in [3.63, 3.8) is 0 Å². The van der Waals surface area contributed by atoms with Crippen LogP contribution in [0.1, 0.15) is 27.0 Å². The molecule has 6 nitrogen and oxygen atoms in total. The molecule has 0 spiro atoms. The van der Waals surface area contributed by atoms with E-state index >= 15 is 0 Å². The number of hydrogen-bond acceptors (Lipinski definition) is 6. The second kappa shape index (κ2) is 11.3. The molecular formula is C22H26FNO5. The van der Waals surface area contributed by atoms with Gasteiger partial charge in [0, 0.05) is 0 Å². The summed E-state index contributed by atoms with van der Waals surface area (Å²) in [6.45, 7) is 3.51. The maximum Gasteiger partial charge on any atom is 0.338 e. The van der Waals surface area contributed by atoms with E-state index in [-0.39, 0.29) is 6.61 Å². The molecule has 0 unspecified atom stereocenters. The van der Waals surface area contributed by atoms with Gasteiger partial charge < -0.3 is 19.4 Å². The monoisotopic (exact) mass is 403 g/mol. The van der Waals surface area contributed by atoms with Crippen LogP contribution < -0.4 is 0 Å². The van der Waals surface area contributed by atoms with Gasteiger partial charge in [0.25, 0.3) is 0 Å². The quantitative estimate of drug-likeness (QED) is 0.374. The second-order valence-corrected chi connectivity index (χ2v) is 6.67. The van der Waals surface area contributed by atoms with Gasteiger partial charge in [0.1, 0.15) is 25.9 Å². The lowest BCUT2D eigenvalue weighted by molar-refractivity contribution is -0.0876. The van der Waals surface area contributed by atoms with Gasteiger partial charge in [-0.3, -0.25) is 0 Å². The van der Waals surface area contributed by atoms with Crippen molar-refractivity contribution in [1.29, 1.82) is 0 Å². The largest absolute Gasteiger partial charge is 0.459 e. The SMILES string of the molecule is CON=C[C@@H](F)[C@H](OCc1ccc(C)cc1)[C@H](O)COC(=O)c1ccc(C)cc1. The van der Waals surface area contributed by atoms with Gasteiger partial charge in [-0.1, -0.05) is 52.7 Å². The Kier molecular flexibility index (Phi) is 8.76. The van der Waals surface area contributed by atoms with Crippen molar-refractivity contribution in [3.8, 4) is 0 Å². The molecule has 2 aromatic carbocycles. The smallest absolute Gasteiger partial charge is 0.338 e. The Labute approximate surface area is 169 Å². The van der Waals surface area contributed by atoms with Gasteiger partial charge >= 0.3 is 5.97 Å². The average molecular weight is 403 g/mol. The standard InChI is InChI=1S/C22H26FNO5/c1-15-4-8-17(9-5-15)13-28-21(19(23)12-24-27-3)20(25)14-29-22(26)18-10-6-16(2)7-11-18/h4-12,19-21,25H,13-14H2,1-3H3/t19-,20-,21+/m1/s1. The molecule has 0 radical (unpaired) electrons. The third kappa shape index (κ3) is 7.29. The zero-order chi connectivity index (χ0) is 21.2. The van der Waals surface area contributed by atoms with Crippen LogP contribution in [0.25, 0.3) is 0 Å². The topological polar surface area (TPSA) is 77.3 Å². The molecule has 0 aromatic heterocycles. The Morgan fingerprint density at radius 2 is 1.69 bits per heavy atom. The first-order valence-electron chi connectivity index (χ1n) is 9.20. The van der Waals surface area contributed by atoms with E-state index in [1.54, 1.807) is 24.3 Å². The fourth-order valence-electron chi connectivity index (χ4n) is 2.52. The van der Waals surface area contributed by atoms with E-state index in [9.17, 15) is 14.3 Å². The van der Waals surface area contributed by atoms with Crippen molar-refractivity contribution in [2.24, 2.45) is 5.16 Å². The summed E-state index contributed by atoms with van der Waals surface area (Å²) in [7, 11) is 1.28. The third-order valence-corrected chi connectivity index (χ3v) is 4.24. The lowest BCUT2D eigenvalue weighted by Gasteiger charge is -2.24. The summed E-state index contributed by atoms with van der Waals surface area (Å²) in [4.78, 5) is 16.6. The van der Waals surface area contributed by atoms with E-state index < -0.39 is 31.0 Å². The Bertz CT molecular complexity index is 792. The normalized spacial score (nSPS) is 14.4. The molecule has 7 heteroatoms. The van der Waals surface area contributed by atoms with Crippen LogP contribution in [-0.2, 0) is 20.9 Å². The molecule has 0 amide bonds. The van der Waals surface area contributed by atoms with Crippen molar-refractivity contribution < 1.29 is 28.6 Å². The maximum atomic E-state index is 14.5. The predicted octanol–water partition coefficient (Wildman–Crippen LogP) is 3.38. The number of alkyl halides is 1. The van der Waals surface area contributed by atoms with Crippen molar-refractivity contribution >= 4 is 12.2 Å². The minimum atomic E-state index is -1.76. The summed E-state index contributed by atoms with van der Waals surface area (Å²) >= 11 is 0. The van der Waals surface area contributed by atoms with Gasteiger partial charge in [0.15, 0.2) is 6.17 Å². The first-order valence-corrected chi connectivity index (χ1v) is 9.20. The number of carbonyl (C=O) groups is 1. The van der Waals surface area contributed by atoms with Crippen molar-refractivity contribution in [3.05, 3.63) is 70.8 Å². The highest BCUT2D eigenvalue weighted by Gasteiger charge is 2.30. The maximum absolute atomic E-state index is 14.5. The molecule has 29 heavy (non-hydrogen) atoms. The minimum absolute atomic E-state index is 0.0785. The number of oxime groups is 1. The molecule has 2 aromatic rings. The minimum Gasteiger partial charge on any atom is -0.459 e. The first kappa shape index (κ1) is 22.5. The summed E-state index contributed by atoms with van der Waals surface area (Å²) in [5.41, 5.74) is 3.26. The molecule has 0 aliphatic heterocycles. The number of rotatable bonds is 10. The Hall–Kier alpha value is -2.77. The molecule has 156 valence electrons. The Balaban J connectivity index is 1.99. The Morgan fingerprint density at radius 1 is 1.10 bits per heavy atom. The van der Waals surface area contributed by atoms with Gasteiger partial charge in [-0.25, -0.2) is 9.18 Å². The lowest BCUT2D eigenvalue weighted by atomic mass is 10.1. The van der Waals surface area contributed by atoms with E-state index in [1.807, 2.05) is 38.1 Å². The van der Waals surface area contributed by atoms with Gasteiger partial charge in [0.2, 0.25) is 0 Å². The van der Waals surface area contributed by atoms with E-state index in [0.717, 1.165) is 22.9 Å². The number of aliphatic hydroxyl groups is 1. The Morgan fingerprint density at radius 3 is 2.28 bits per heavy atom. The van der Waals surface area contributed by atoms with Gasteiger partial charge in [-0.15, -0.1) is 0 Å². The lowest BCUT2D eigenvalue weighted by Crippen LogP contribution is -2.41. The molecule has 1 N–H and O–H groups in total. The highest BCUT2D eigenvalue weighted by Crippen LogP contribution is 2.14. The first-order chi connectivity index (χ1) is 13.9. The summed E-state index contributed by atoms with van der Waals surface area (Å²) in [5, 5.41) is 13.8. The molecule has 0 saturated heterocycles. The molecule has 0 aliphatic rings. The van der Waals surface area contributed by atoms with E-state index in [2.05, 4.69) is 9.99 Å². The van der Waals surface area contributed by atoms with Crippen molar-refractivity contribution in [2.75, 3.05) is 13.7 Å². The predicted molar refractivity (Wildman–Crippen MR) is 108 cm³/mol. The molecule has 0 aliphatic carbocycles. The number of esters is 1. The molecule has 0 bridgehead atoms.